The number of carbonyl (C=O) groups excluding carboxylic acids is 1. The Morgan fingerprint density at radius 3 is 2.30 bits per heavy atom. The number of hydrogen-bond donors (Lipinski definition) is 3. The first-order valence-electron chi connectivity index (χ1n) is 8.94. The molecule has 0 aromatic heterocycles. The van der Waals surface area contributed by atoms with Crippen LogP contribution >= 0.6 is 0 Å². The van der Waals surface area contributed by atoms with Gasteiger partial charge in [-0.1, -0.05) is 57.0 Å². The van der Waals surface area contributed by atoms with E-state index in [1.807, 2.05) is 18.2 Å². The molecule has 1 fully saturated rings. The van der Waals surface area contributed by atoms with Crippen LogP contribution < -0.4 is 10.6 Å². The predicted molar refractivity (Wildman–Crippen MR) is 93.2 cm³/mol. The van der Waals surface area contributed by atoms with Crippen molar-refractivity contribution in [2.24, 2.45) is 5.92 Å². The van der Waals surface area contributed by atoms with E-state index in [1.165, 1.54) is 0 Å². The average Bonchev–Trinajstić information content (AvgIpc) is 2.58. The molecule has 128 valence electrons. The number of amides is 2. The zero-order valence-corrected chi connectivity index (χ0v) is 14.3. The SMILES string of the molecule is CCC(CC)C(NC(=O)NC1CCC(O)CC1)c1ccccc1. The molecule has 2 amide bonds. The molecule has 1 aliphatic carbocycles. The standard InChI is InChI=1S/C19H30N2O2/c1-3-14(4-2)18(15-8-6-5-7-9-15)21-19(23)20-16-10-12-17(22)13-11-16/h5-9,14,16-18,22H,3-4,10-13H2,1-2H3,(H2,20,21,23). The third-order valence-electron chi connectivity index (χ3n) is 5.00. The Hall–Kier alpha value is -1.55. The van der Waals surface area contributed by atoms with Crippen molar-refractivity contribution in [3.05, 3.63) is 35.9 Å². The van der Waals surface area contributed by atoms with Gasteiger partial charge in [0.1, 0.15) is 0 Å². The van der Waals surface area contributed by atoms with E-state index in [-0.39, 0.29) is 24.2 Å². The molecule has 1 aromatic carbocycles. The number of nitrogens with one attached hydrogen (secondary N) is 2. The molecule has 0 spiro atoms. The number of aliphatic hydroxyl groups is 1. The molecule has 4 nitrogen and oxygen atoms in total. The van der Waals surface area contributed by atoms with Gasteiger partial charge < -0.3 is 15.7 Å². The van der Waals surface area contributed by atoms with Crippen LogP contribution in [0.5, 0.6) is 0 Å². The van der Waals surface area contributed by atoms with Crippen LogP contribution in [0.15, 0.2) is 30.3 Å². The van der Waals surface area contributed by atoms with Crippen LogP contribution in [0.2, 0.25) is 0 Å². The van der Waals surface area contributed by atoms with Crippen molar-refractivity contribution in [1.82, 2.24) is 10.6 Å². The molecule has 3 N–H and O–H groups in total. The first-order valence-corrected chi connectivity index (χ1v) is 8.94. The smallest absolute Gasteiger partial charge is 0.315 e. The number of urea groups is 1. The molecule has 0 radical (unpaired) electrons. The zero-order chi connectivity index (χ0) is 16.7. The summed E-state index contributed by atoms with van der Waals surface area (Å²) in [5, 5.41) is 15.8. The van der Waals surface area contributed by atoms with Crippen LogP contribution in [-0.4, -0.2) is 23.3 Å². The van der Waals surface area contributed by atoms with E-state index >= 15 is 0 Å². The van der Waals surface area contributed by atoms with Gasteiger partial charge >= 0.3 is 6.03 Å². The van der Waals surface area contributed by atoms with Crippen LogP contribution in [-0.2, 0) is 0 Å². The summed E-state index contributed by atoms with van der Waals surface area (Å²) in [5.74, 6) is 0.427. The van der Waals surface area contributed by atoms with Crippen molar-refractivity contribution in [2.75, 3.05) is 0 Å². The molecule has 1 atom stereocenters. The minimum Gasteiger partial charge on any atom is -0.393 e. The van der Waals surface area contributed by atoms with Gasteiger partial charge in [0.15, 0.2) is 0 Å². The largest absolute Gasteiger partial charge is 0.393 e. The van der Waals surface area contributed by atoms with Gasteiger partial charge in [0, 0.05) is 6.04 Å². The van der Waals surface area contributed by atoms with E-state index in [0.29, 0.717) is 5.92 Å². The molecule has 1 aliphatic rings. The molecule has 0 bridgehead atoms. The van der Waals surface area contributed by atoms with Crippen molar-refractivity contribution < 1.29 is 9.90 Å². The van der Waals surface area contributed by atoms with E-state index in [4.69, 9.17) is 0 Å². The normalized spacial score (nSPS) is 22.6. The average molecular weight is 318 g/mol. The predicted octanol–water partition coefficient (Wildman–Crippen LogP) is 3.77. The molecule has 0 heterocycles. The van der Waals surface area contributed by atoms with Gasteiger partial charge in [0.05, 0.1) is 12.1 Å². The first kappa shape index (κ1) is 17.8. The van der Waals surface area contributed by atoms with Gasteiger partial charge in [0.2, 0.25) is 0 Å². The number of hydrogen-bond acceptors (Lipinski definition) is 2. The fourth-order valence-corrected chi connectivity index (χ4v) is 3.48. The molecule has 1 unspecified atom stereocenters. The Bertz CT molecular complexity index is 466. The number of aliphatic hydroxyl groups excluding tert-OH is 1. The Morgan fingerprint density at radius 2 is 1.74 bits per heavy atom. The Labute approximate surface area is 139 Å². The summed E-state index contributed by atoms with van der Waals surface area (Å²) in [6, 6.07) is 10.3. The third-order valence-corrected chi connectivity index (χ3v) is 5.00. The highest BCUT2D eigenvalue weighted by atomic mass is 16.3. The van der Waals surface area contributed by atoms with E-state index in [1.54, 1.807) is 0 Å². The lowest BCUT2D eigenvalue weighted by Gasteiger charge is -2.30. The molecule has 1 saturated carbocycles. The van der Waals surface area contributed by atoms with Gasteiger partial charge in [-0.05, 0) is 37.2 Å². The number of rotatable bonds is 6. The maximum Gasteiger partial charge on any atom is 0.315 e. The topological polar surface area (TPSA) is 61.4 Å². The summed E-state index contributed by atoms with van der Waals surface area (Å²) in [6.07, 6.45) is 5.14. The second-order valence-electron chi connectivity index (χ2n) is 6.59. The van der Waals surface area contributed by atoms with Crippen LogP contribution in [0.25, 0.3) is 0 Å². The maximum absolute atomic E-state index is 12.4. The van der Waals surface area contributed by atoms with Crippen LogP contribution in [0.4, 0.5) is 4.79 Å². The van der Waals surface area contributed by atoms with E-state index < -0.39 is 0 Å². The summed E-state index contributed by atoms with van der Waals surface area (Å²) in [7, 11) is 0. The van der Waals surface area contributed by atoms with Gasteiger partial charge in [-0.25, -0.2) is 4.79 Å². The van der Waals surface area contributed by atoms with Crippen molar-refractivity contribution >= 4 is 6.03 Å². The molecular formula is C19H30N2O2. The van der Waals surface area contributed by atoms with Crippen LogP contribution in [0, 0.1) is 5.92 Å². The number of benzene rings is 1. The molecule has 4 heteroatoms. The van der Waals surface area contributed by atoms with Gasteiger partial charge in [-0.2, -0.15) is 0 Å². The van der Waals surface area contributed by atoms with Crippen molar-refractivity contribution in [2.45, 2.75) is 70.6 Å². The Kier molecular flexibility index (Phi) is 6.90. The quantitative estimate of drug-likeness (QED) is 0.748. The highest BCUT2D eigenvalue weighted by Crippen LogP contribution is 2.27. The fraction of sp³-hybridized carbons (Fsp3) is 0.632. The van der Waals surface area contributed by atoms with Gasteiger partial charge in [0.25, 0.3) is 0 Å². The Morgan fingerprint density at radius 1 is 1.13 bits per heavy atom. The Balaban J connectivity index is 1.98. The highest BCUT2D eigenvalue weighted by molar-refractivity contribution is 5.74. The molecule has 0 saturated heterocycles. The van der Waals surface area contributed by atoms with Crippen LogP contribution in [0.3, 0.4) is 0 Å². The van der Waals surface area contributed by atoms with E-state index in [9.17, 15) is 9.90 Å². The summed E-state index contributed by atoms with van der Waals surface area (Å²) < 4.78 is 0. The fourth-order valence-electron chi connectivity index (χ4n) is 3.48. The minimum absolute atomic E-state index is 0.0420. The lowest BCUT2D eigenvalue weighted by atomic mass is 9.89. The van der Waals surface area contributed by atoms with E-state index in [2.05, 4.69) is 36.6 Å². The van der Waals surface area contributed by atoms with Crippen molar-refractivity contribution in [3.63, 3.8) is 0 Å². The minimum atomic E-state index is -0.197. The first-order chi connectivity index (χ1) is 11.1. The molecule has 1 aromatic rings. The third kappa shape index (κ3) is 5.24. The zero-order valence-electron chi connectivity index (χ0n) is 14.3. The lowest BCUT2D eigenvalue weighted by Crippen LogP contribution is -2.46. The summed E-state index contributed by atoms with van der Waals surface area (Å²) in [6.45, 7) is 4.35. The highest BCUT2D eigenvalue weighted by Gasteiger charge is 2.25. The monoisotopic (exact) mass is 318 g/mol. The summed E-state index contributed by atoms with van der Waals surface area (Å²) in [5.41, 5.74) is 1.16. The lowest BCUT2D eigenvalue weighted by molar-refractivity contribution is 0.117. The molecule has 2 rings (SSSR count). The second kappa shape index (κ2) is 8.92. The van der Waals surface area contributed by atoms with Crippen molar-refractivity contribution in [3.8, 4) is 0 Å². The van der Waals surface area contributed by atoms with E-state index in [0.717, 1.165) is 44.1 Å². The van der Waals surface area contributed by atoms with Gasteiger partial charge in [-0.15, -0.1) is 0 Å². The second-order valence-corrected chi connectivity index (χ2v) is 6.59. The molecule has 23 heavy (non-hydrogen) atoms. The summed E-state index contributed by atoms with van der Waals surface area (Å²) in [4.78, 5) is 12.4. The molecular weight excluding hydrogens is 288 g/mol. The summed E-state index contributed by atoms with van der Waals surface area (Å²) >= 11 is 0. The molecule has 0 aliphatic heterocycles. The maximum atomic E-state index is 12.4. The van der Waals surface area contributed by atoms with Crippen LogP contribution in [0.1, 0.15) is 64.0 Å². The van der Waals surface area contributed by atoms with Crippen molar-refractivity contribution in [1.29, 1.82) is 0 Å². The van der Waals surface area contributed by atoms with Gasteiger partial charge in [-0.3, -0.25) is 0 Å². The number of carbonyl (C=O) groups is 1.